The zero-order valence-corrected chi connectivity index (χ0v) is 12.9. The third kappa shape index (κ3) is 4.31. The summed E-state index contributed by atoms with van der Waals surface area (Å²) in [5.74, 6) is -0.610. The van der Waals surface area contributed by atoms with E-state index in [4.69, 9.17) is 11.6 Å². The molecule has 2 aromatic rings. The number of hydrogen-bond donors (Lipinski definition) is 1. The second-order valence-corrected chi connectivity index (χ2v) is 5.59. The Morgan fingerprint density at radius 1 is 1.29 bits per heavy atom. The maximum Gasteiger partial charge on any atom is 0.307 e. The fourth-order valence-electron chi connectivity index (χ4n) is 1.83. The summed E-state index contributed by atoms with van der Waals surface area (Å²) >= 11 is 7.30. The number of nitrogens with one attached hydrogen (secondary N) is 1. The maximum atomic E-state index is 12.1. The van der Waals surface area contributed by atoms with Crippen LogP contribution in [0.25, 0.3) is 0 Å². The van der Waals surface area contributed by atoms with Gasteiger partial charge in [0.25, 0.3) is 5.91 Å². The number of carbonyl (C=O) groups is 2. The second-order valence-electron chi connectivity index (χ2n) is 4.37. The fourth-order valence-corrected chi connectivity index (χ4v) is 2.59. The third-order valence-corrected chi connectivity index (χ3v) is 3.89. The highest BCUT2D eigenvalue weighted by molar-refractivity contribution is 7.08. The lowest BCUT2D eigenvalue weighted by Crippen LogP contribution is -2.30. The van der Waals surface area contributed by atoms with Crippen molar-refractivity contribution in [3.05, 3.63) is 57.2 Å². The lowest BCUT2D eigenvalue weighted by atomic mass is 10.0. The molecule has 0 saturated heterocycles. The molecule has 1 aromatic carbocycles. The minimum Gasteiger partial charge on any atom is -0.469 e. The van der Waals surface area contributed by atoms with E-state index in [2.05, 4.69) is 10.1 Å². The topological polar surface area (TPSA) is 55.4 Å². The number of benzene rings is 1. The largest absolute Gasteiger partial charge is 0.469 e. The van der Waals surface area contributed by atoms with Gasteiger partial charge in [0.1, 0.15) is 0 Å². The van der Waals surface area contributed by atoms with Gasteiger partial charge in [0, 0.05) is 10.4 Å². The molecule has 1 unspecified atom stereocenters. The van der Waals surface area contributed by atoms with Crippen molar-refractivity contribution in [3.63, 3.8) is 0 Å². The molecule has 0 saturated carbocycles. The van der Waals surface area contributed by atoms with Crippen molar-refractivity contribution in [3.8, 4) is 0 Å². The molecule has 1 heterocycles. The molecule has 0 aliphatic heterocycles. The van der Waals surface area contributed by atoms with Gasteiger partial charge in [0.2, 0.25) is 0 Å². The molecule has 4 nitrogen and oxygen atoms in total. The Kier molecular flexibility index (Phi) is 5.36. The van der Waals surface area contributed by atoms with Crippen LogP contribution in [-0.2, 0) is 9.53 Å². The van der Waals surface area contributed by atoms with Gasteiger partial charge in [-0.3, -0.25) is 9.59 Å². The van der Waals surface area contributed by atoms with Crippen molar-refractivity contribution in [2.75, 3.05) is 7.11 Å². The molecule has 1 amide bonds. The number of thiophene rings is 1. The molecule has 0 bridgehead atoms. The number of hydrogen-bond acceptors (Lipinski definition) is 4. The average molecular weight is 324 g/mol. The van der Waals surface area contributed by atoms with E-state index in [0.29, 0.717) is 10.6 Å². The summed E-state index contributed by atoms with van der Waals surface area (Å²) in [6.07, 6.45) is 0.0635. The second kappa shape index (κ2) is 7.24. The Morgan fingerprint density at radius 3 is 2.57 bits per heavy atom. The zero-order chi connectivity index (χ0) is 15.2. The van der Waals surface area contributed by atoms with Crippen molar-refractivity contribution in [2.45, 2.75) is 12.5 Å². The minimum atomic E-state index is -0.456. The van der Waals surface area contributed by atoms with Crippen molar-refractivity contribution in [1.29, 1.82) is 0 Å². The zero-order valence-electron chi connectivity index (χ0n) is 11.3. The first-order valence-corrected chi connectivity index (χ1v) is 7.57. The molecule has 1 atom stereocenters. The van der Waals surface area contributed by atoms with E-state index in [1.807, 2.05) is 5.38 Å². The summed E-state index contributed by atoms with van der Waals surface area (Å²) in [6, 6.07) is 8.28. The summed E-state index contributed by atoms with van der Waals surface area (Å²) in [5.41, 5.74) is 1.37. The first-order chi connectivity index (χ1) is 10.1. The first kappa shape index (κ1) is 15.5. The monoisotopic (exact) mass is 323 g/mol. The highest BCUT2D eigenvalue weighted by Gasteiger charge is 2.19. The Morgan fingerprint density at radius 2 is 2.00 bits per heavy atom. The van der Waals surface area contributed by atoms with Gasteiger partial charge in [-0.1, -0.05) is 23.7 Å². The summed E-state index contributed by atoms with van der Waals surface area (Å²) in [4.78, 5) is 23.7. The van der Waals surface area contributed by atoms with Crippen LogP contribution in [0, 0.1) is 0 Å². The molecule has 21 heavy (non-hydrogen) atoms. The number of carbonyl (C=O) groups excluding carboxylic acids is 2. The summed E-state index contributed by atoms with van der Waals surface area (Å²) < 4.78 is 4.68. The van der Waals surface area contributed by atoms with Crippen molar-refractivity contribution in [1.82, 2.24) is 5.32 Å². The average Bonchev–Trinajstić information content (AvgIpc) is 3.01. The van der Waals surface area contributed by atoms with Crippen LogP contribution >= 0.6 is 22.9 Å². The molecule has 2 rings (SSSR count). The number of esters is 1. The number of rotatable bonds is 5. The van der Waals surface area contributed by atoms with E-state index in [9.17, 15) is 9.59 Å². The van der Waals surface area contributed by atoms with Crippen molar-refractivity contribution >= 4 is 34.8 Å². The van der Waals surface area contributed by atoms with Crippen LogP contribution < -0.4 is 5.32 Å². The molecule has 110 valence electrons. The highest BCUT2D eigenvalue weighted by atomic mass is 35.5. The normalized spacial score (nSPS) is 11.7. The first-order valence-electron chi connectivity index (χ1n) is 6.25. The number of methoxy groups -OCH3 is 1. The summed E-state index contributed by atoms with van der Waals surface area (Å²) in [5, 5.41) is 7.02. The highest BCUT2D eigenvalue weighted by Crippen LogP contribution is 2.21. The molecule has 0 aliphatic rings. The minimum absolute atomic E-state index is 0.0635. The molecule has 0 aliphatic carbocycles. The predicted molar refractivity (Wildman–Crippen MR) is 82.6 cm³/mol. The Labute approximate surface area is 131 Å². The smallest absolute Gasteiger partial charge is 0.307 e. The quantitative estimate of drug-likeness (QED) is 0.858. The van der Waals surface area contributed by atoms with Gasteiger partial charge in [-0.2, -0.15) is 11.3 Å². The van der Waals surface area contributed by atoms with Gasteiger partial charge in [-0.05, 0) is 29.1 Å². The van der Waals surface area contributed by atoms with Crippen LogP contribution in [0.1, 0.15) is 28.4 Å². The van der Waals surface area contributed by atoms with E-state index in [0.717, 1.165) is 5.56 Å². The van der Waals surface area contributed by atoms with Crippen molar-refractivity contribution < 1.29 is 14.3 Å². The molecule has 0 fully saturated rings. The van der Waals surface area contributed by atoms with Gasteiger partial charge in [-0.15, -0.1) is 0 Å². The van der Waals surface area contributed by atoms with Crippen LogP contribution in [0.5, 0.6) is 0 Å². The predicted octanol–water partition coefficient (Wildman–Crippen LogP) is 3.44. The fraction of sp³-hybridized carbons (Fsp3) is 0.200. The van der Waals surface area contributed by atoms with Crippen LogP contribution in [0.15, 0.2) is 41.1 Å². The molecule has 1 N–H and O–H groups in total. The maximum absolute atomic E-state index is 12.1. The summed E-state index contributed by atoms with van der Waals surface area (Å²) in [6.45, 7) is 0. The van der Waals surface area contributed by atoms with E-state index < -0.39 is 6.04 Å². The molecule has 0 spiro atoms. The molecular weight excluding hydrogens is 310 g/mol. The number of halogens is 1. The molecule has 1 aromatic heterocycles. The van der Waals surface area contributed by atoms with Crippen molar-refractivity contribution in [2.24, 2.45) is 0 Å². The van der Waals surface area contributed by atoms with Gasteiger partial charge in [0.05, 0.1) is 25.1 Å². The van der Waals surface area contributed by atoms with Crippen LogP contribution in [0.4, 0.5) is 0 Å². The molecule has 0 radical (unpaired) electrons. The third-order valence-electron chi connectivity index (χ3n) is 2.96. The molecule has 6 heteroatoms. The Balaban J connectivity index is 2.17. The van der Waals surface area contributed by atoms with E-state index >= 15 is 0 Å². The summed E-state index contributed by atoms with van der Waals surface area (Å²) in [7, 11) is 1.32. The van der Waals surface area contributed by atoms with E-state index in [-0.39, 0.29) is 18.3 Å². The number of ether oxygens (including phenoxy) is 1. The SMILES string of the molecule is COC(=O)CC(NC(=O)c1ccsc1)c1ccc(Cl)cc1. The van der Waals surface area contributed by atoms with Crippen LogP contribution in [0.3, 0.4) is 0 Å². The van der Waals surface area contributed by atoms with E-state index in [1.54, 1.807) is 35.7 Å². The number of amides is 1. The van der Waals surface area contributed by atoms with Gasteiger partial charge < -0.3 is 10.1 Å². The van der Waals surface area contributed by atoms with Gasteiger partial charge in [-0.25, -0.2) is 0 Å². The van der Waals surface area contributed by atoms with E-state index in [1.165, 1.54) is 18.4 Å². The van der Waals surface area contributed by atoms with Gasteiger partial charge in [0.15, 0.2) is 0 Å². The standard InChI is InChI=1S/C15H14ClNO3S/c1-20-14(18)8-13(10-2-4-12(16)5-3-10)17-15(19)11-6-7-21-9-11/h2-7,9,13H,8H2,1H3,(H,17,19). The lowest BCUT2D eigenvalue weighted by Gasteiger charge is -2.18. The van der Waals surface area contributed by atoms with Crippen LogP contribution in [-0.4, -0.2) is 19.0 Å². The van der Waals surface area contributed by atoms with Crippen LogP contribution in [0.2, 0.25) is 5.02 Å². The Bertz CT molecular complexity index is 610. The Hall–Kier alpha value is -1.85. The van der Waals surface area contributed by atoms with Gasteiger partial charge >= 0.3 is 5.97 Å². The lowest BCUT2D eigenvalue weighted by molar-refractivity contribution is -0.141. The molecular formula is C15H14ClNO3S.